The molecule has 0 bridgehead atoms. The number of halogens is 1. The third-order valence-electron chi connectivity index (χ3n) is 3.00. The summed E-state index contributed by atoms with van der Waals surface area (Å²) < 4.78 is 18.5. The maximum atomic E-state index is 13.5. The molecule has 0 aliphatic heterocycles. The van der Waals surface area contributed by atoms with Crippen LogP contribution in [-0.4, -0.2) is 12.6 Å². The van der Waals surface area contributed by atoms with Crippen LogP contribution in [0.4, 0.5) is 10.1 Å². The van der Waals surface area contributed by atoms with Gasteiger partial charge in [0.05, 0.1) is 12.2 Å². The molecular formula is C17H18FNO2. The number of esters is 1. The molecule has 3 nitrogen and oxygen atoms in total. The summed E-state index contributed by atoms with van der Waals surface area (Å²) in [6.07, 6.45) is 0.800. The van der Waals surface area contributed by atoms with Gasteiger partial charge >= 0.3 is 5.97 Å². The first-order valence-electron chi connectivity index (χ1n) is 6.95. The van der Waals surface area contributed by atoms with Crippen LogP contribution in [0.15, 0.2) is 48.5 Å². The minimum Gasteiger partial charge on any atom is -0.462 e. The maximum absolute atomic E-state index is 13.5. The Labute approximate surface area is 123 Å². The largest absolute Gasteiger partial charge is 0.462 e. The quantitative estimate of drug-likeness (QED) is 0.816. The highest BCUT2D eigenvalue weighted by atomic mass is 19.1. The zero-order valence-corrected chi connectivity index (χ0v) is 11.9. The maximum Gasteiger partial charge on any atom is 0.338 e. The van der Waals surface area contributed by atoms with Crippen molar-refractivity contribution in [2.75, 3.05) is 11.9 Å². The Bertz CT molecular complexity index is 596. The average Bonchev–Trinajstić information content (AvgIpc) is 2.52. The van der Waals surface area contributed by atoms with Crippen LogP contribution in [-0.2, 0) is 11.3 Å². The summed E-state index contributed by atoms with van der Waals surface area (Å²) in [5.41, 5.74) is 1.94. The Balaban J connectivity index is 1.93. The molecule has 1 N–H and O–H groups in total. The second kappa shape index (κ2) is 7.43. The summed E-state index contributed by atoms with van der Waals surface area (Å²) in [6, 6.07) is 13.6. The summed E-state index contributed by atoms with van der Waals surface area (Å²) in [7, 11) is 0. The van der Waals surface area contributed by atoms with E-state index >= 15 is 0 Å². The van der Waals surface area contributed by atoms with Gasteiger partial charge in [-0.1, -0.05) is 25.1 Å². The van der Waals surface area contributed by atoms with Gasteiger partial charge in [0.15, 0.2) is 0 Å². The number of nitrogens with one attached hydrogen (secondary N) is 1. The van der Waals surface area contributed by atoms with Crippen LogP contribution in [0.3, 0.4) is 0 Å². The first kappa shape index (κ1) is 15.0. The van der Waals surface area contributed by atoms with Crippen molar-refractivity contribution in [1.82, 2.24) is 0 Å². The predicted molar refractivity (Wildman–Crippen MR) is 80.7 cm³/mol. The van der Waals surface area contributed by atoms with E-state index in [0.717, 1.165) is 12.1 Å². The summed E-state index contributed by atoms with van der Waals surface area (Å²) in [5.74, 6) is -0.553. The second-order valence-corrected chi connectivity index (χ2v) is 4.66. The molecule has 0 radical (unpaired) electrons. The molecule has 4 heteroatoms. The molecule has 0 heterocycles. The molecule has 0 saturated heterocycles. The highest BCUT2D eigenvalue weighted by Gasteiger charge is 2.06. The minimum atomic E-state index is -0.322. The fourth-order valence-electron chi connectivity index (χ4n) is 1.84. The fourth-order valence-corrected chi connectivity index (χ4v) is 1.84. The van der Waals surface area contributed by atoms with Gasteiger partial charge < -0.3 is 10.1 Å². The van der Waals surface area contributed by atoms with Gasteiger partial charge in [-0.25, -0.2) is 9.18 Å². The van der Waals surface area contributed by atoms with Crippen LogP contribution < -0.4 is 5.32 Å². The molecule has 0 atom stereocenters. The van der Waals surface area contributed by atoms with E-state index in [0.29, 0.717) is 24.3 Å². The topological polar surface area (TPSA) is 38.3 Å². The number of anilines is 1. The highest BCUT2D eigenvalue weighted by Crippen LogP contribution is 2.13. The zero-order valence-electron chi connectivity index (χ0n) is 11.9. The normalized spacial score (nSPS) is 10.2. The van der Waals surface area contributed by atoms with E-state index in [4.69, 9.17) is 4.74 Å². The van der Waals surface area contributed by atoms with E-state index in [9.17, 15) is 9.18 Å². The van der Waals surface area contributed by atoms with Crippen molar-refractivity contribution in [2.45, 2.75) is 19.9 Å². The molecule has 0 aliphatic rings. The van der Waals surface area contributed by atoms with Crippen molar-refractivity contribution in [1.29, 1.82) is 0 Å². The van der Waals surface area contributed by atoms with Gasteiger partial charge in [0.2, 0.25) is 0 Å². The second-order valence-electron chi connectivity index (χ2n) is 4.66. The van der Waals surface area contributed by atoms with Crippen LogP contribution in [0.5, 0.6) is 0 Å². The molecule has 2 aromatic carbocycles. The summed E-state index contributed by atoms with van der Waals surface area (Å²) in [6.45, 7) is 2.77. The van der Waals surface area contributed by atoms with Crippen molar-refractivity contribution in [2.24, 2.45) is 0 Å². The highest BCUT2D eigenvalue weighted by molar-refractivity contribution is 5.89. The Morgan fingerprint density at radius 2 is 1.86 bits per heavy atom. The molecule has 0 unspecified atom stereocenters. The van der Waals surface area contributed by atoms with Gasteiger partial charge in [0.1, 0.15) is 5.82 Å². The van der Waals surface area contributed by atoms with Crippen molar-refractivity contribution in [3.63, 3.8) is 0 Å². The Morgan fingerprint density at radius 3 is 2.52 bits per heavy atom. The number of ether oxygens (including phenoxy) is 1. The van der Waals surface area contributed by atoms with Crippen LogP contribution >= 0.6 is 0 Å². The van der Waals surface area contributed by atoms with Gasteiger partial charge in [-0.3, -0.25) is 0 Å². The number of hydrogen-bond acceptors (Lipinski definition) is 3. The lowest BCUT2D eigenvalue weighted by Crippen LogP contribution is -2.06. The minimum absolute atomic E-state index is 0.232. The molecule has 0 fully saturated rings. The SMILES string of the molecule is CCCOC(=O)c1ccc(NCc2ccccc2F)cc1. The molecule has 0 amide bonds. The fraction of sp³-hybridized carbons (Fsp3) is 0.235. The smallest absolute Gasteiger partial charge is 0.338 e. The average molecular weight is 287 g/mol. The van der Waals surface area contributed by atoms with Crippen molar-refractivity contribution in [3.05, 3.63) is 65.5 Å². The predicted octanol–water partition coefficient (Wildman–Crippen LogP) is 4.00. The van der Waals surface area contributed by atoms with E-state index in [1.165, 1.54) is 6.07 Å². The monoisotopic (exact) mass is 287 g/mol. The van der Waals surface area contributed by atoms with Crippen LogP contribution in [0.25, 0.3) is 0 Å². The van der Waals surface area contributed by atoms with E-state index in [1.54, 1.807) is 42.5 Å². The summed E-state index contributed by atoms with van der Waals surface area (Å²) in [5, 5.41) is 3.12. The summed E-state index contributed by atoms with van der Waals surface area (Å²) >= 11 is 0. The van der Waals surface area contributed by atoms with Gasteiger partial charge in [0, 0.05) is 17.8 Å². The van der Waals surface area contributed by atoms with Crippen LogP contribution in [0, 0.1) is 5.82 Å². The van der Waals surface area contributed by atoms with Crippen LogP contribution in [0.2, 0.25) is 0 Å². The zero-order chi connectivity index (χ0) is 15.1. The third-order valence-corrected chi connectivity index (χ3v) is 3.00. The molecular weight excluding hydrogens is 269 g/mol. The molecule has 21 heavy (non-hydrogen) atoms. The van der Waals surface area contributed by atoms with E-state index in [-0.39, 0.29) is 11.8 Å². The molecule has 2 aromatic rings. The molecule has 110 valence electrons. The van der Waals surface area contributed by atoms with Crippen LogP contribution in [0.1, 0.15) is 29.3 Å². The standard InChI is InChI=1S/C17H18FNO2/c1-2-11-21-17(20)13-7-9-15(10-8-13)19-12-14-5-3-4-6-16(14)18/h3-10,19H,2,11-12H2,1H3. The van der Waals surface area contributed by atoms with Gasteiger partial charge in [-0.15, -0.1) is 0 Å². The Kier molecular flexibility index (Phi) is 5.32. The number of hydrogen-bond donors (Lipinski definition) is 1. The lowest BCUT2D eigenvalue weighted by molar-refractivity contribution is 0.0505. The Morgan fingerprint density at radius 1 is 1.14 bits per heavy atom. The van der Waals surface area contributed by atoms with Gasteiger partial charge in [-0.2, -0.15) is 0 Å². The van der Waals surface area contributed by atoms with E-state index in [2.05, 4.69) is 5.32 Å². The third kappa shape index (κ3) is 4.31. The lowest BCUT2D eigenvalue weighted by atomic mass is 10.2. The van der Waals surface area contributed by atoms with Gasteiger partial charge in [0.25, 0.3) is 0 Å². The molecule has 0 saturated carbocycles. The lowest BCUT2D eigenvalue weighted by Gasteiger charge is -2.08. The number of benzene rings is 2. The van der Waals surface area contributed by atoms with E-state index in [1.807, 2.05) is 6.92 Å². The number of carbonyl (C=O) groups excluding carboxylic acids is 1. The molecule has 0 spiro atoms. The van der Waals surface area contributed by atoms with E-state index < -0.39 is 0 Å². The first-order chi connectivity index (χ1) is 10.2. The number of carbonyl (C=O) groups is 1. The Hall–Kier alpha value is -2.36. The molecule has 2 rings (SSSR count). The van der Waals surface area contributed by atoms with Crippen molar-refractivity contribution >= 4 is 11.7 Å². The molecule has 0 aromatic heterocycles. The molecule has 0 aliphatic carbocycles. The van der Waals surface area contributed by atoms with Crippen molar-refractivity contribution < 1.29 is 13.9 Å². The van der Waals surface area contributed by atoms with Crippen molar-refractivity contribution in [3.8, 4) is 0 Å². The first-order valence-corrected chi connectivity index (χ1v) is 6.95. The number of rotatable bonds is 6. The van der Waals surface area contributed by atoms with Gasteiger partial charge in [-0.05, 0) is 36.8 Å². The summed E-state index contributed by atoms with van der Waals surface area (Å²) in [4.78, 5) is 11.6.